The van der Waals surface area contributed by atoms with Gasteiger partial charge >= 0.3 is 117 Å². The van der Waals surface area contributed by atoms with Gasteiger partial charge in [0.15, 0.2) is 0 Å². The summed E-state index contributed by atoms with van der Waals surface area (Å²) < 4.78 is 10.9. The number of aryl methyl sites for hydroxylation is 2. The van der Waals surface area contributed by atoms with E-state index >= 15 is 0 Å². The van der Waals surface area contributed by atoms with E-state index in [0.717, 1.165) is 44.1 Å². The summed E-state index contributed by atoms with van der Waals surface area (Å²) >= 11 is -0.109. The number of hydrogen-bond acceptors (Lipinski definition) is 2. The molecule has 0 heterocycles. The molecule has 0 amide bonds. The Morgan fingerprint density at radius 3 is 1.48 bits per heavy atom. The minimum absolute atomic E-state index is 0.109. The van der Waals surface area contributed by atoms with Crippen molar-refractivity contribution < 1.29 is 30.4 Å². The molecule has 4 aromatic carbocycles. The van der Waals surface area contributed by atoms with Crippen LogP contribution in [-0.4, -0.2) is 10.7 Å². The molecule has 4 rings (SSSR count). The first-order valence-corrected chi connectivity index (χ1v) is 23.7. The number of benzene rings is 4. The Morgan fingerprint density at radius 2 is 0.948 bits per heavy atom. The summed E-state index contributed by atoms with van der Waals surface area (Å²) in [6.45, 7) is 10.3. The summed E-state index contributed by atoms with van der Waals surface area (Å²) in [5, 5.41) is 0. The van der Waals surface area contributed by atoms with Crippen LogP contribution in [0.4, 0.5) is 0 Å². The van der Waals surface area contributed by atoms with Gasteiger partial charge in [-0.3, -0.25) is 0 Å². The average Bonchev–Trinajstić information content (AvgIpc) is 3.26. The first-order chi connectivity index (χ1) is 28.6. The van der Waals surface area contributed by atoms with Crippen LogP contribution in [0.3, 0.4) is 0 Å². The molecule has 4 aromatic rings. The molecule has 0 unspecified atom stereocenters. The van der Waals surface area contributed by atoms with Crippen LogP contribution < -0.4 is 0 Å². The molecule has 0 aromatic heterocycles. The molecule has 0 fully saturated rings. The van der Waals surface area contributed by atoms with Gasteiger partial charge in [-0.2, -0.15) is 0 Å². The van der Waals surface area contributed by atoms with Crippen molar-refractivity contribution in [3.63, 3.8) is 0 Å². The molecule has 58 heavy (non-hydrogen) atoms. The zero-order valence-corrected chi connectivity index (χ0v) is 37.8. The molecular weight excluding hydrogens is 803 g/mol. The van der Waals surface area contributed by atoms with Gasteiger partial charge < -0.3 is 5.53 Å². The van der Waals surface area contributed by atoms with Crippen molar-refractivity contribution >= 4 is 11.4 Å². The van der Waals surface area contributed by atoms with E-state index in [0.29, 0.717) is 13.2 Å². The van der Waals surface area contributed by atoms with Crippen LogP contribution in [0, 0.1) is 0 Å². The third kappa shape index (κ3) is 20.4. The van der Waals surface area contributed by atoms with Gasteiger partial charge in [-0.25, -0.2) is 0 Å². The number of nitrogens with zero attached hydrogens (tertiary/aromatic N) is 2. The maximum absolute atomic E-state index is 9.73. The fourth-order valence-corrected chi connectivity index (χ4v) is 7.96. The number of unbranched alkanes of at least 4 members (excludes halogenated alkanes) is 11. The topological polar surface area (TPSA) is 54.9 Å². The molecule has 0 N–H and O–H groups in total. The molecule has 316 valence electrons. The number of rotatable bonds is 28. The fourth-order valence-electron chi connectivity index (χ4n) is 7.13. The molecule has 0 atom stereocenters. The van der Waals surface area contributed by atoms with Crippen LogP contribution in [0.25, 0.3) is 11.1 Å². The predicted molar refractivity (Wildman–Crippen MR) is 242 cm³/mol. The van der Waals surface area contributed by atoms with E-state index in [1.54, 1.807) is 0 Å². The van der Waals surface area contributed by atoms with Crippen LogP contribution in [0.15, 0.2) is 120 Å². The molecule has 0 spiro atoms. The monoisotopic (exact) mass is 874 g/mol. The molecule has 0 aliphatic rings. The quantitative estimate of drug-likeness (QED) is 0.0143. The first kappa shape index (κ1) is 48.7. The number of allylic oxidation sites excluding steroid dienone is 2. The van der Waals surface area contributed by atoms with Crippen molar-refractivity contribution in [1.82, 2.24) is 0 Å². The molecule has 4 nitrogen and oxygen atoms in total. The zero-order chi connectivity index (χ0) is 41.3. The van der Waals surface area contributed by atoms with Crippen LogP contribution in [0.2, 0.25) is 0 Å². The molecule has 0 saturated heterocycles. The third-order valence-corrected chi connectivity index (χ3v) is 11.2. The molecule has 0 aliphatic heterocycles. The molecule has 0 radical (unpaired) electrons. The molecule has 5 heteroatoms. The molecular formula is C53H72N2O2Pd. The SMILES string of the molecule is CCCCCCCCC(C(=C=[N+]=[N-])CCCCC)=C(c1cccc(CCCC)c1)c1cccc(CCCCCC)c1.c1ccc(C[O][Pd][O]Cc2ccccc2)cc1. The van der Waals surface area contributed by atoms with E-state index in [4.69, 9.17) is 6.92 Å². The van der Waals surface area contributed by atoms with Crippen molar-refractivity contribution in [2.45, 2.75) is 163 Å². The summed E-state index contributed by atoms with van der Waals surface area (Å²) in [6, 6.07) is 38.7. The van der Waals surface area contributed by atoms with Gasteiger partial charge in [0.05, 0.1) is 5.57 Å². The Kier molecular flexibility index (Phi) is 27.1. The average molecular weight is 876 g/mol. The Labute approximate surface area is 362 Å². The van der Waals surface area contributed by atoms with Gasteiger partial charge in [0.1, 0.15) is 0 Å². The van der Waals surface area contributed by atoms with Crippen molar-refractivity contribution in [3.05, 3.63) is 159 Å². The normalized spacial score (nSPS) is 11.3. The standard InChI is InChI=1S/C39H58N2.2C7H7O.Pd/c1-5-9-13-15-16-19-29-38(37(32-41-40)26-17-11-7-3)39(35-27-20-24-33(30-35)22-12-8-4)36-28-21-25-34(31-36)23-18-14-10-6-2;2*8-6-7-4-2-1-3-5-7;/h20-21,24-25,27-28,30-31H,5-19,22-23,26,29H2,1-4H3;2*1-5H,6H2;/q;2*-1;+2. The molecule has 0 aliphatic carbocycles. The van der Waals surface area contributed by atoms with Gasteiger partial charge in [-0.15, -0.1) is 4.79 Å². The van der Waals surface area contributed by atoms with Crippen molar-refractivity contribution in [3.8, 4) is 0 Å². The Bertz CT molecular complexity index is 1730. The van der Waals surface area contributed by atoms with E-state index in [2.05, 4.69) is 86.9 Å². The van der Waals surface area contributed by atoms with E-state index < -0.39 is 0 Å². The summed E-state index contributed by atoms with van der Waals surface area (Å²) in [5.74, 6) is 3.07. The number of hydrogen-bond donors (Lipinski definition) is 0. The fraction of sp³-hybridized carbons (Fsp3) is 0.472. The van der Waals surface area contributed by atoms with Gasteiger partial charge in [-0.05, 0) is 84.8 Å². The van der Waals surface area contributed by atoms with Crippen LogP contribution in [-0.2, 0) is 51.7 Å². The van der Waals surface area contributed by atoms with Gasteiger partial charge in [0.25, 0.3) is 0 Å². The van der Waals surface area contributed by atoms with E-state index in [1.807, 2.05) is 60.7 Å². The zero-order valence-electron chi connectivity index (χ0n) is 36.3. The Balaban J connectivity index is 0.000000436. The van der Waals surface area contributed by atoms with Crippen LogP contribution in [0.5, 0.6) is 0 Å². The van der Waals surface area contributed by atoms with Gasteiger partial charge in [0.2, 0.25) is 0 Å². The van der Waals surface area contributed by atoms with Gasteiger partial charge in [-0.1, -0.05) is 147 Å². The van der Waals surface area contributed by atoms with Crippen molar-refractivity contribution in [1.29, 1.82) is 0 Å². The summed E-state index contributed by atoms with van der Waals surface area (Å²) in [5.41, 5.74) is 21.2. The van der Waals surface area contributed by atoms with Crippen molar-refractivity contribution in [2.24, 2.45) is 0 Å². The second kappa shape index (κ2) is 32.2. The van der Waals surface area contributed by atoms with Gasteiger partial charge in [0, 0.05) is 0 Å². The summed E-state index contributed by atoms with van der Waals surface area (Å²) in [4.78, 5) is 3.49. The summed E-state index contributed by atoms with van der Waals surface area (Å²) in [7, 11) is 0. The Morgan fingerprint density at radius 1 is 0.500 bits per heavy atom. The molecule has 0 bridgehead atoms. The van der Waals surface area contributed by atoms with Crippen LogP contribution >= 0.6 is 0 Å². The van der Waals surface area contributed by atoms with Crippen molar-refractivity contribution in [2.75, 3.05) is 0 Å². The Hall–Kier alpha value is -3.64. The van der Waals surface area contributed by atoms with E-state index in [1.165, 1.54) is 128 Å². The second-order valence-electron chi connectivity index (χ2n) is 15.3. The van der Waals surface area contributed by atoms with Crippen LogP contribution in [0.1, 0.15) is 170 Å². The summed E-state index contributed by atoms with van der Waals surface area (Å²) in [6.07, 6.45) is 22.7. The minimum atomic E-state index is -0.109. The predicted octanol–water partition coefficient (Wildman–Crippen LogP) is 15.4. The van der Waals surface area contributed by atoms with E-state index in [9.17, 15) is 5.53 Å². The molecule has 0 saturated carbocycles. The second-order valence-corrected chi connectivity index (χ2v) is 16.5. The van der Waals surface area contributed by atoms with E-state index in [-0.39, 0.29) is 18.7 Å². The maximum atomic E-state index is 9.73. The third-order valence-electron chi connectivity index (χ3n) is 10.4. The first-order valence-electron chi connectivity index (χ1n) is 22.4.